The molecule has 0 fully saturated rings. The molecule has 8 heteroatoms. The van der Waals surface area contributed by atoms with Crippen molar-refractivity contribution in [3.8, 4) is 22.8 Å². The zero-order chi connectivity index (χ0) is 22.6. The molecule has 2 N–H and O–H groups in total. The Bertz CT molecular complexity index is 1430. The second-order valence-corrected chi connectivity index (χ2v) is 7.12. The highest BCUT2D eigenvalue weighted by Gasteiger charge is 2.16. The second-order valence-electron chi connectivity index (χ2n) is 7.12. The number of nitrogens with zero attached hydrogens (tertiary/aromatic N) is 3. The fourth-order valence-electron chi connectivity index (χ4n) is 3.35. The molecule has 8 nitrogen and oxygen atoms in total. The number of rotatable bonds is 4. The van der Waals surface area contributed by atoms with Gasteiger partial charge in [0.2, 0.25) is 0 Å². The van der Waals surface area contributed by atoms with Gasteiger partial charge in [0.25, 0.3) is 11.8 Å². The number of pyridine rings is 1. The average molecular weight is 435 g/mol. The maximum atomic E-state index is 12.9. The van der Waals surface area contributed by atoms with E-state index < -0.39 is 11.8 Å². The third kappa shape index (κ3) is 4.17. The molecule has 0 aliphatic rings. The summed E-state index contributed by atoms with van der Waals surface area (Å²) >= 11 is 0. The van der Waals surface area contributed by atoms with Crippen molar-refractivity contribution in [2.24, 2.45) is 0 Å². The molecule has 0 saturated heterocycles. The van der Waals surface area contributed by atoms with E-state index in [9.17, 15) is 9.59 Å². The molecule has 0 unspecified atom stereocenters. The first-order chi connectivity index (χ1) is 16.2. The first kappa shape index (κ1) is 20.1. The van der Waals surface area contributed by atoms with E-state index in [-0.39, 0.29) is 5.56 Å². The molecule has 160 valence electrons. The van der Waals surface area contributed by atoms with Gasteiger partial charge in [-0.1, -0.05) is 48.5 Å². The number of carbonyl (C=O) groups excluding carboxylic acids is 2. The van der Waals surface area contributed by atoms with E-state index in [2.05, 4.69) is 25.8 Å². The predicted octanol–water partition coefficient (Wildman–Crippen LogP) is 4.03. The number of fused-ring (bicyclic) bond motifs is 1. The van der Waals surface area contributed by atoms with E-state index >= 15 is 0 Å². The molecule has 5 aromatic rings. The lowest BCUT2D eigenvalue weighted by molar-refractivity contribution is 0.0847. The van der Waals surface area contributed by atoms with Crippen LogP contribution in [0.3, 0.4) is 0 Å². The summed E-state index contributed by atoms with van der Waals surface area (Å²) in [6, 6.07) is 21.8. The molecule has 0 atom stereocenters. The fraction of sp³-hybridized carbons (Fsp3) is 0. The van der Waals surface area contributed by atoms with Crippen LogP contribution in [0, 0.1) is 0 Å². The number of amides is 2. The minimum absolute atomic E-state index is 0.214. The Morgan fingerprint density at radius 3 is 2.27 bits per heavy atom. The monoisotopic (exact) mass is 435 g/mol. The Kier molecular flexibility index (Phi) is 5.30. The number of para-hydroxylation sites is 1. The zero-order valence-electron chi connectivity index (χ0n) is 17.2. The summed E-state index contributed by atoms with van der Waals surface area (Å²) in [5.74, 6) is 0.0172. The molecule has 0 aliphatic heterocycles. The van der Waals surface area contributed by atoms with Crippen molar-refractivity contribution in [3.05, 3.63) is 103 Å². The highest BCUT2D eigenvalue weighted by Crippen LogP contribution is 2.25. The lowest BCUT2D eigenvalue weighted by Crippen LogP contribution is -2.41. The molecule has 5 rings (SSSR count). The Morgan fingerprint density at radius 1 is 0.788 bits per heavy atom. The van der Waals surface area contributed by atoms with Crippen LogP contribution in [0.15, 0.2) is 95.9 Å². The number of nitrogens with one attached hydrogen (secondary N) is 2. The van der Waals surface area contributed by atoms with Gasteiger partial charge in [-0.3, -0.25) is 20.4 Å². The smallest absolute Gasteiger partial charge is 0.272 e. The highest BCUT2D eigenvalue weighted by molar-refractivity contribution is 6.08. The number of aromatic nitrogens is 3. The van der Waals surface area contributed by atoms with Crippen molar-refractivity contribution in [2.45, 2.75) is 0 Å². The molecule has 0 spiro atoms. The van der Waals surface area contributed by atoms with Crippen LogP contribution in [0.25, 0.3) is 33.7 Å². The summed E-state index contributed by atoms with van der Waals surface area (Å²) in [5, 5.41) is 0.648. The minimum Gasteiger partial charge on any atom is -0.463 e. The molecule has 3 heterocycles. The predicted molar refractivity (Wildman–Crippen MR) is 122 cm³/mol. The Morgan fingerprint density at radius 2 is 1.52 bits per heavy atom. The molecular weight excluding hydrogens is 418 g/mol. The molecule has 0 aliphatic carbocycles. The summed E-state index contributed by atoms with van der Waals surface area (Å²) in [6.07, 6.45) is 4.36. The summed E-state index contributed by atoms with van der Waals surface area (Å²) in [6.45, 7) is 0. The van der Waals surface area contributed by atoms with Crippen molar-refractivity contribution >= 4 is 22.7 Å². The SMILES string of the molecule is O=C(NNC(=O)c1cc(-c2ccco2)nc2ccccc12)c1cnc(-c2ccccc2)nc1. The molecule has 3 aromatic heterocycles. The summed E-state index contributed by atoms with van der Waals surface area (Å²) in [4.78, 5) is 38.5. The number of hydrogen-bond donors (Lipinski definition) is 2. The third-order valence-electron chi connectivity index (χ3n) is 4.97. The molecule has 0 saturated carbocycles. The van der Waals surface area contributed by atoms with Crippen molar-refractivity contribution in [2.75, 3.05) is 0 Å². The highest BCUT2D eigenvalue weighted by atomic mass is 16.3. The van der Waals surface area contributed by atoms with Crippen LogP contribution in [0.4, 0.5) is 0 Å². The van der Waals surface area contributed by atoms with Crippen LogP contribution < -0.4 is 10.9 Å². The van der Waals surface area contributed by atoms with Gasteiger partial charge in [0, 0.05) is 23.3 Å². The van der Waals surface area contributed by atoms with Crippen molar-refractivity contribution < 1.29 is 14.0 Å². The van der Waals surface area contributed by atoms with Gasteiger partial charge in [0.1, 0.15) is 5.69 Å². The van der Waals surface area contributed by atoms with Crippen LogP contribution in [0.5, 0.6) is 0 Å². The quantitative estimate of drug-likeness (QED) is 0.413. The largest absolute Gasteiger partial charge is 0.463 e. The Labute approximate surface area is 188 Å². The van der Waals surface area contributed by atoms with E-state index in [1.165, 1.54) is 18.7 Å². The number of benzene rings is 2. The van der Waals surface area contributed by atoms with Gasteiger partial charge in [-0.05, 0) is 24.3 Å². The Hall–Kier alpha value is -4.85. The molecule has 2 aromatic carbocycles. The van der Waals surface area contributed by atoms with Crippen molar-refractivity contribution in [1.29, 1.82) is 0 Å². The molecular formula is C25H17N5O3. The number of hydrogen-bond acceptors (Lipinski definition) is 6. The Balaban J connectivity index is 1.34. The van der Waals surface area contributed by atoms with Gasteiger partial charge in [-0.25, -0.2) is 15.0 Å². The van der Waals surface area contributed by atoms with Crippen LogP contribution in [-0.4, -0.2) is 26.8 Å². The van der Waals surface area contributed by atoms with Crippen LogP contribution >= 0.6 is 0 Å². The van der Waals surface area contributed by atoms with Gasteiger partial charge in [0.05, 0.1) is 22.9 Å². The third-order valence-corrected chi connectivity index (χ3v) is 4.97. The standard InChI is InChI=1S/C25H17N5O3/c31-24(17-14-26-23(27-15-17)16-7-2-1-3-8-16)29-30-25(32)19-13-21(22-11-6-12-33-22)28-20-10-5-4-9-18(19)20/h1-15H,(H,29,31)(H,30,32). The maximum absolute atomic E-state index is 12.9. The first-order valence-electron chi connectivity index (χ1n) is 10.1. The number of carbonyl (C=O) groups is 2. The maximum Gasteiger partial charge on any atom is 0.272 e. The molecule has 0 bridgehead atoms. The van der Waals surface area contributed by atoms with Gasteiger partial charge in [-0.2, -0.15) is 0 Å². The van der Waals surface area contributed by atoms with Crippen LogP contribution in [-0.2, 0) is 0 Å². The lowest BCUT2D eigenvalue weighted by Gasteiger charge is -2.11. The summed E-state index contributed by atoms with van der Waals surface area (Å²) in [5.41, 5.74) is 7.42. The normalized spacial score (nSPS) is 10.7. The van der Waals surface area contributed by atoms with E-state index in [1.54, 1.807) is 24.3 Å². The van der Waals surface area contributed by atoms with Gasteiger partial charge in [0.15, 0.2) is 11.6 Å². The van der Waals surface area contributed by atoms with Gasteiger partial charge >= 0.3 is 0 Å². The summed E-state index contributed by atoms with van der Waals surface area (Å²) < 4.78 is 5.42. The van der Waals surface area contributed by atoms with Crippen molar-refractivity contribution in [3.63, 3.8) is 0 Å². The van der Waals surface area contributed by atoms with E-state index in [0.717, 1.165) is 5.56 Å². The molecule has 33 heavy (non-hydrogen) atoms. The van der Waals surface area contributed by atoms with Gasteiger partial charge < -0.3 is 4.42 Å². The molecule has 0 radical (unpaired) electrons. The minimum atomic E-state index is -0.535. The van der Waals surface area contributed by atoms with Crippen molar-refractivity contribution in [1.82, 2.24) is 25.8 Å². The first-order valence-corrected chi connectivity index (χ1v) is 10.1. The fourth-order valence-corrected chi connectivity index (χ4v) is 3.35. The van der Waals surface area contributed by atoms with Gasteiger partial charge in [-0.15, -0.1) is 0 Å². The lowest BCUT2D eigenvalue weighted by atomic mass is 10.1. The zero-order valence-corrected chi connectivity index (χ0v) is 17.2. The summed E-state index contributed by atoms with van der Waals surface area (Å²) in [7, 11) is 0. The van der Waals surface area contributed by atoms with E-state index in [0.29, 0.717) is 33.7 Å². The average Bonchev–Trinajstić information content (AvgIpc) is 3.42. The van der Waals surface area contributed by atoms with Crippen LogP contribution in [0.1, 0.15) is 20.7 Å². The van der Waals surface area contributed by atoms with Crippen LogP contribution in [0.2, 0.25) is 0 Å². The molecule has 2 amide bonds. The second kappa shape index (κ2) is 8.72. The van der Waals surface area contributed by atoms with E-state index in [1.807, 2.05) is 48.5 Å². The number of furan rings is 1. The number of hydrazine groups is 1. The topological polar surface area (TPSA) is 110 Å². The van der Waals surface area contributed by atoms with E-state index in [4.69, 9.17) is 4.42 Å².